The van der Waals surface area contributed by atoms with Crippen LogP contribution in [0.5, 0.6) is 5.88 Å². The first kappa shape index (κ1) is 14.9. The number of rotatable bonds is 5. The zero-order valence-corrected chi connectivity index (χ0v) is 11.7. The van der Waals surface area contributed by atoms with Crippen LogP contribution in [0.15, 0.2) is 17.3 Å². The zero-order valence-electron chi connectivity index (χ0n) is 11.7. The Morgan fingerprint density at radius 3 is 3.14 bits per heavy atom. The number of anilines is 1. The minimum absolute atomic E-state index is 0.190. The Labute approximate surface area is 120 Å². The number of aliphatic imine (C=N–C) groups is 1. The van der Waals surface area contributed by atoms with Crippen molar-refractivity contribution in [3.63, 3.8) is 0 Å². The Hall–Kier alpha value is -2.49. The number of hydrogen-bond donors (Lipinski definition) is 2. The maximum atomic E-state index is 11.4. The lowest BCUT2D eigenvalue weighted by atomic mass is 10.2. The van der Waals surface area contributed by atoms with E-state index in [9.17, 15) is 10.1 Å². The van der Waals surface area contributed by atoms with Crippen LogP contribution in [0.4, 0.5) is 5.69 Å². The van der Waals surface area contributed by atoms with Crippen molar-refractivity contribution in [2.75, 3.05) is 26.1 Å². The Morgan fingerprint density at radius 1 is 1.62 bits per heavy atom. The molecular weight excluding hydrogens is 280 g/mol. The summed E-state index contributed by atoms with van der Waals surface area (Å²) in [6.45, 7) is 0.221. The molecular formula is C11H17N6O4+. The van der Waals surface area contributed by atoms with Crippen molar-refractivity contribution in [3.8, 4) is 5.88 Å². The van der Waals surface area contributed by atoms with Gasteiger partial charge in [0.05, 0.1) is 23.5 Å². The van der Waals surface area contributed by atoms with Crippen LogP contribution < -0.4 is 20.3 Å². The lowest BCUT2D eigenvalue weighted by Crippen LogP contribution is -2.48. The molecule has 10 heteroatoms. The van der Waals surface area contributed by atoms with Gasteiger partial charge >= 0.3 is 0 Å². The van der Waals surface area contributed by atoms with Gasteiger partial charge in [-0.25, -0.2) is 0 Å². The predicted octanol–water partition coefficient (Wildman–Crippen LogP) is -0.808. The number of nitrogens with zero attached hydrogens (tertiary/aromatic N) is 4. The van der Waals surface area contributed by atoms with Crippen molar-refractivity contribution in [1.29, 1.82) is 0 Å². The average Bonchev–Trinajstić information content (AvgIpc) is 2.46. The number of aromatic nitrogens is 2. The van der Waals surface area contributed by atoms with Gasteiger partial charge in [-0.2, -0.15) is 0 Å². The fourth-order valence-corrected chi connectivity index (χ4v) is 1.88. The first-order chi connectivity index (χ1) is 10.1. The van der Waals surface area contributed by atoms with E-state index in [1.54, 1.807) is 6.07 Å². The van der Waals surface area contributed by atoms with Crippen molar-refractivity contribution >= 4 is 12.0 Å². The quantitative estimate of drug-likeness (QED) is 0.316. The molecule has 2 N–H and O–H groups in total. The van der Waals surface area contributed by atoms with Gasteiger partial charge < -0.3 is 20.0 Å². The Morgan fingerprint density at radius 2 is 2.43 bits per heavy atom. The molecule has 0 aromatic carbocycles. The van der Waals surface area contributed by atoms with Gasteiger partial charge in [0.1, 0.15) is 16.6 Å². The third kappa shape index (κ3) is 4.24. The number of methoxy groups -OCH3 is 2. The molecule has 1 saturated heterocycles. The summed E-state index contributed by atoms with van der Waals surface area (Å²) in [5.41, 5.74) is 3.10. The van der Waals surface area contributed by atoms with Crippen LogP contribution in [0.1, 0.15) is 6.42 Å². The number of hydrogen-bond acceptors (Lipinski definition) is 6. The average molecular weight is 297 g/mol. The molecule has 21 heavy (non-hydrogen) atoms. The van der Waals surface area contributed by atoms with Gasteiger partial charge in [-0.05, 0) is 0 Å². The zero-order chi connectivity index (χ0) is 15.2. The van der Waals surface area contributed by atoms with E-state index in [0.717, 1.165) is 0 Å². The van der Waals surface area contributed by atoms with Crippen molar-refractivity contribution in [2.24, 2.45) is 4.99 Å². The van der Waals surface area contributed by atoms with Crippen LogP contribution in [-0.4, -0.2) is 49.3 Å². The number of hydrazine groups is 1. The van der Waals surface area contributed by atoms with Gasteiger partial charge in [0, 0.05) is 19.6 Å². The number of nitrogens with one attached hydrogen (secondary N) is 2. The maximum absolute atomic E-state index is 11.4. The molecule has 1 fully saturated rings. The number of ether oxygens (including phenoxy) is 2. The fraction of sp³-hybridized carbons (Fsp3) is 0.545. The molecule has 2 rings (SSSR count). The lowest BCUT2D eigenvalue weighted by Gasteiger charge is -2.20. The monoisotopic (exact) mass is 297 g/mol. The standard InChI is InChI=1S/C11H17N6O4/c1-20-10-3-8(5-16(18)14-10)12-7-13-9-4-11(21-2)15-17(19)6-9/h3,5,7,9,11H,4,6H2,1-2H3,(H,12,13)(H,15,19)/q+1. The second kappa shape index (κ2) is 6.79. The molecule has 2 atom stereocenters. The largest absolute Gasteiger partial charge is 0.594 e. The summed E-state index contributed by atoms with van der Waals surface area (Å²) in [6.07, 6.45) is 2.90. The van der Waals surface area contributed by atoms with Gasteiger partial charge in [-0.3, -0.25) is 4.99 Å². The van der Waals surface area contributed by atoms with Crippen LogP contribution in [0.2, 0.25) is 0 Å². The smallest absolute Gasteiger partial charge is 0.282 e. The molecule has 1 aliphatic heterocycles. The van der Waals surface area contributed by atoms with E-state index in [0.29, 0.717) is 21.8 Å². The summed E-state index contributed by atoms with van der Waals surface area (Å²) in [4.78, 5) is 16.7. The summed E-state index contributed by atoms with van der Waals surface area (Å²) >= 11 is 0. The maximum Gasteiger partial charge on any atom is 0.282 e. The van der Waals surface area contributed by atoms with Crippen molar-refractivity contribution in [1.82, 2.24) is 10.5 Å². The first-order valence-corrected chi connectivity index (χ1v) is 6.28. The van der Waals surface area contributed by atoms with Gasteiger partial charge in [0.2, 0.25) is 12.7 Å². The molecule has 0 bridgehead atoms. The van der Waals surface area contributed by atoms with E-state index in [1.165, 1.54) is 26.8 Å². The third-order valence-electron chi connectivity index (χ3n) is 2.89. The highest BCUT2D eigenvalue weighted by Crippen LogP contribution is 2.11. The molecule has 2 unspecified atom stereocenters. The van der Waals surface area contributed by atoms with Gasteiger partial charge in [0.15, 0.2) is 6.23 Å². The molecule has 1 aliphatic rings. The molecule has 0 aliphatic carbocycles. The Kier molecular flexibility index (Phi) is 4.82. The van der Waals surface area contributed by atoms with Crippen molar-refractivity contribution in [2.45, 2.75) is 18.7 Å². The summed E-state index contributed by atoms with van der Waals surface area (Å²) < 4.78 is 9.97. The van der Waals surface area contributed by atoms with Crippen LogP contribution in [0.3, 0.4) is 0 Å². The van der Waals surface area contributed by atoms with E-state index in [1.807, 2.05) is 0 Å². The first-order valence-electron chi connectivity index (χ1n) is 6.28. The summed E-state index contributed by atoms with van der Waals surface area (Å²) in [7, 11) is 2.94. The normalized spacial score (nSPS) is 22.1. The van der Waals surface area contributed by atoms with Crippen molar-refractivity contribution < 1.29 is 19.2 Å². The van der Waals surface area contributed by atoms with Gasteiger partial charge in [0.25, 0.3) is 5.88 Å². The molecule has 114 valence electrons. The van der Waals surface area contributed by atoms with Crippen LogP contribution >= 0.6 is 0 Å². The highest BCUT2D eigenvalue weighted by atomic mass is 16.5. The highest BCUT2D eigenvalue weighted by molar-refractivity contribution is 5.75. The summed E-state index contributed by atoms with van der Waals surface area (Å²) in [5, 5.41) is 17.6. The van der Waals surface area contributed by atoms with E-state index in [2.05, 4.69) is 20.8 Å². The fourth-order valence-electron chi connectivity index (χ4n) is 1.88. The topological polar surface area (TPSA) is 115 Å². The van der Waals surface area contributed by atoms with Gasteiger partial charge in [-0.1, -0.05) is 4.85 Å². The molecule has 10 nitrogen and oxygen atoms in total. The lowest BCUT2D eigenvalue weighted by molar-refractivity contribution is -0.669. The second-order valence-electron chi connectivity index (χ2n) is 4.40. The van der Waals surface area contributed by atoms with E-state index in [-0.39, 0.29) is 24.7 Å². The Bertz CT molecular complexity index is 537. The predicted molar refractivity (Wildman–Crippen MR) is 72.7 cm³/mol. The molecule has 0 radical (unpaired) electrons. The van der Waals surface area contributed by atoms with Crippen LogP contribution in [0.25, 0.3) is 0 Å². The molecule has 1 aromatic heterocycles. The van der Waals surface area contributed by atoms with E-state index in [4.69, 9.17) is 9.47 Å². The second-order valence-corrected chi connectivity index (χ2v) is 4.40. The summed E-state index contributed by atoms with van der Waals surface area (Å²) in [5.74, 6) is 0.190. The highest BCUT2D eigenvalue weighted by Gasteiger charge is 2.31. The van der Waals surface area contributed by atoms with Crippen LogP contribution in [0, 0.1) is 10.1 Å². The SMILES string of the molecule is COc1cc(NC=NC2CC(OC)N[N+](=O)C2)c[n+]([O-])n1. The minimum Gasteiger partial charge on any atom is -0.594 e. The Balaban J connectivity index is 1.95. The van der Waals surface area contributed by atoms with E-state index < -0.39 is 0 Å². The minimum atomic E-state index is -0.358. The molecule has 0 spiro atoms. The van der Waals surface area contributed by atoms with Crippen LogP contribution in [-0.2, 0) is 4.74 Å². The number of nitroso groups, excluding NO2 is 1. The van der Waals surface area contributed by atoms with Gasteiger partial charge in [-0.15, -0.1) is 5.43 Å². The molecule has 2 heterocycles. The molecule has 0 amide bonds. The van der Waals surface area contributed by atoms with Crippen molar-refractivity contribution in [3.05, 3.63) is 22.4 Å². The summed E-state index contributed by atoms with van der Waals surface area (Å²) in [6, 6.07) is 1.35. The molecule has 1 aromatic rings. The third-order valence-corrected chi connectivity index (χ3v) is 2.89. The molecule has 0 saturated carbocycles. The van der Waals surface area contributed by atoms with E-state index >= 15 is 0 Å².